The summed E-state index contributed by atoms with van der Waals surface area (Å²) in [5.74, 6) is 1.24. The van der Waals surface area contributed by atoms with Gasteiger partial charge in [-0.05, 0) is 35.9 Å². The van der Waals surface area contributed by atoms with E-state index in [4.69, 9.17) is 14.0 Å². The number of halogens is 1. The molecule has 0 N–H and O–H groups in total. The minimum Gasteiger partial charge on any atom is -0.497 e. The number of rotatable bonds is 9. The summed E-state index contributed by atoms with van der Waals surface area (Å²) in [5.41, 5.74) is 1.93. The highest BCUT2D eigenvalue weighted by Crippen LogP contribution is 2.28. The predicted molar refractivity (Wildman–Crippen MR) is 124 cm³/mol. The van der Waals surface area contributed by atoms with Crippen molar-refractivity contribution in [1.29, 1.82) is 0 Å². The van der Waals surface area contributed by atoms with Crippen LogP contribution < -0.4 is 9.47 Å². The van der Waals surface area contributed by atoms with Crippen LogP contribution in [0.15, 0.2) is 77.3 Å². The summed E-state index contributed by atoms with van der Waals surface area (Å²) in [6.07, 6.45) is 0.335. The summed E-state index contributed by atoms with van der Waals surface area (Å²) in [5, 5.41) is 4.06. The maximum absolute atomic E-state index is 13.7. The lowest BCUT2D eigenvalue weighted by atomic mass is 10.1. The van der Waals surface area contributed by atoms with Crippen LogP contribution in [-0.4, -0.2) is 41.7 Å². The Morgan fingerprint density at radius 2 is 1.71 bits per heavy atom. The summed E-state index contributed by atoms with van der Waals surface area (Å²) in [6.45, 7) is 0.678. The maximum Gasteiger partial charge on any atom is 0.254 e. The van der Waals surface area contributed by atoms with Crippen molar-refractivity contribution in [2.24, 2.45) is 0 Å². The van der Waals surface area contributed by atoms with Crippen LogP contribution >= 0.6 is 0 Å². The molecule has 3 aromatic carbocycles. The van der Waals surface area contributed by atoms with Crippen LogP contribution in [-0.2, 0) is 13.0 Å². The van der Waals surface area contributed by atoms with Gasteiger partial charge in [-0.25, -0.2) is 4.39 Å². The average Bonchev–Trinajstić information content (AvgIpc) is 3.35. The standard InChI is InChI=1S/C26H24FN3O4/c1-32-22-14-20(15-23(16-22)33-2)25-28-24(34-29-25)11-12-30(17-18-7-4-3-5-8-18)26(31)19-9-6-10-21(27)13-19/h3-10,13-16H,11-12,17H2,1-2H3. The number of methoxy groups -OCH3 is 2. The minimum absolute atomic E-state index is 0.277. The third-order valence-corrected chi connectivity index (χ3v) is 5.25. The van der Waals surface area contributed by atoms with E-state index in [9.17, 15) is 9.18 Å². The SMILES string of the molecule is COc1cc(OC)cc(-c2noc(CCN(Cc3ccccc3)C(=O)c3cccc(F)c3)n2)c1. The number of amides is 1. The quantitative estimate of drug-likeness (QED) is 0.357. The van der Waals surface area contributed by atoms with Gasteiger partial charge < -0.3 is 18.9 Å². The van der Waals surface area contributed by atoms with E-state index >= 15 is 0 Å². The lowest BCUT2D eigenvalue weighted by molar-refractivity contribution is 0.0741. The molecule has 0 saturated carbocycles. The Bertz CT molecular complexity index is 1240. The predicted octanol–water partition coefficient (Wildman–Crippen LogP) is 4.78. The number of benzene rings is 3. The van der Waals surface area contributed by atoms with Gasteiger partial charge in [0.1, 0.15) is 17.3 Å². The number of carbonyl (C=O) groups excluding carboxylic acids is 1. The fourth-order valence-electron chi connectivity index (χ4n) is 3.50. The Hall–Kier alpha value is -4.20. The van der Waals surface area contributed by atoms with E-state index in [0.717, 1.165) is 5.56 Å². The Morgan fingerprint density at radius 3 is 2.38 bits per heavy atom. The second-order valence-corrected chi connectivity index (χ2v) is 7.59. The summed E-state index contributed by atoms with van der Waals surface area (Å²) in [4.78, 5) is 19.3. The molecule has 0 fully saturated rings. The van der Waals surface area contributed by atoms with Crippen LogP contribution in [0.2, 0.25) is 0 Å². The molecule has 34 heavy (non-hydrogen) atoms. The molecule has 0 aliphatic heterocycles. The van der Waals surface area contributed by atoms with Gasteiger partial charge in [-0.1, -0.05) is 41.6 Å². The van der Waals surface area contributed by atoms with E-state index in [0.29, 0.717) is 48.3 Å². The van der Waals surface area contributed by atoms with Crippen molar-refractivity contribution in [2.75, 3.05) is 20.8 Å². The Kier molecular flexibility index (Phi) is 7.17. The number of ether oxygens (including phenoxy) is 2. The largest absolute Gasteiger partial charge is 0.497 e. The molecule has 0 radical (unpaired) electrons. The summed E-state index contributed by atoms with van der Waals surface area (Å²) >= 11 is 0. The molecule has 0 atom stereocenters. The van der Waals surface area contributed by atoms with Gasteiger partial charge in [0.05, 0.1) is 14.2 Å². The molecule has 8 heteroatoms. The maximum atomic E-state index is 13.7. The van der Waals surface area contributed by atoms with Gasteiger partial charge in [0.15, 0.2) is 0 Å². The van der Waals surface area contributed by atoms with Gasteiger partial charge in [-0.3, -0.25) is 4.79 Å². The van der Waals surface area contributed by atoms with Crippen LogP contribution in [0, 0.1) is 5.82 Å². The van der Waals surface area contributed by atoms with Crippen molar-refractivity contribution in [1.82, 2.24) is 15.0 Å². The lowest BCUT2D eigenvalue weighted by Crippen LogP contribution is -2.32. The number of nitrogens with zero attached hydrogens (tertiary/aromatic N) is 3. The van der Waals surface area contributed by atoms with E-state index < -0.39 is 5.82 Å². The molecule has 4 rings (SSSR count). The molecule has 0 bridgehead atoms. The van der Waals surface area contributed by atoms with E-state index in [1.807, 2.05) is 30.3 Å². The van der Waals surface area contributed by atoms with Crippen LogP contribution in [0.25, 0.3) is 11.4 Å². The molecule has 4 aromatic rings. The minimum atomic E-state index is -0.458. The highest BCUT2D eigenvalue weighted by atomic mass is 19.1. The van der Waals surface area contributed by atoms with Gasteiger partial charge in [-0.15, -0.1) is 0 Å². The van der Waals surface area contributed by atoms with Crippen LogP contribution in [0.5, 0.6) is 11.5 Å². The van der Waals surface area contributed by atoms with E-state index in [2.05, 4.69) is 10.1 Å². The second-order valence-electron chi connectivity index (χ2n) is 7.59. The zero-order valence-corrected chi connectivity index (χ0v) is 18.9. The zero-order chi connectivity index (χ0) is 23.9. The fourth-order valence-corrected chi connectivity index (χ4v) is 3.50. The van der Waals surface area contributed by atoms with Gasteiger partial charge in [-0.2, -0.15) is 4.98 Å². The third kappa shape index (κ3) is 5.58. The van der Waals surface area contributed by atoms with Crippen LogP contribution in [0.3, 0.4) is 0 Å². The van der Waals surface area contributed by atoms with Crippen LogP contribution in [0.4, 0.5) is 4.39 Å². The number of hydrogen-bond acceptors (Lipinski definition) is 6. The van der Waals surface area contributed by atoms with Crippen molar-refractivity contribution in [3.8, 4) is 22.9 Å². The molecule has 1 amide bonds. The monoisotopic (exact) mass is 461 g/mol. The fraction of sp³-hybridized carbons (Fsp3) is 0.192. The van der Waals surface area contributed by atoms with Crippen molar-refractivity contribution in [2.45, 2.75) is 13.0 Å². The normalized spacial score (nSPS) is 10.7. The first kappa shape index (κ1) is 23.0. The van der Waals surface area contributed by atoms with Crippen molar-refractivity contribution >= 4 is 5.91 Å². The van der Waals surface area contributed by atoms with Gasteiger partial charge in [0.25, 0.3) is 5.91 Å². The average molecular weight is 461 g/mol. The molecule has 0 spiro atoms. The molecule has 1 heterocycles. The molecule has 7 nitrogen and oxygen atoms in total. The number of carbonyl (C=O) groups is 1. The second kappa shape index (κ2) is 10.6. The lowest BCUT2D eigenvalue weighted by Gasteiger charge is -2.22. The third-order valence-electron chi connectivity index (χ3n) is 5.25. The number of hydrogen-bond donors (Lipinski definition) is 0. The van der Waals surface area contributed by atoms with E-state index in [-0.39, 0.29) is 11.5 Å². The van der Waals surface area contributed by atoms with Crippen molar-refractivity contribution in [3.63, 3.8) is 0 Å². The first-order chi connectivity index (χ1) is 16.6. The molecule has 1 aromatic heterocycles. The van der Waals surface area contributed by atoms with E-state index in [1.54, 1.807) is 43.4 Å². The highest BCUT2D eigenvalue weighted by Gasteiger charge is 2.19. The molecule has 0 unspecified atom stereocenters. The Balaban J connectivity index is 1.53. The highest BCUT2D eigenvalue weighted by molar-refractivity contribution is 5.94. The molecule has 174 valence electrons. The molecule has 0 aliphatic carbocycles. The Labute approximate surface area is 196 Å². The smallest absolute Gasteiger partial charge is 0.254 e. The molecular formula is C26H24FN3O4. The van der Waals surface area contributed by atoms with Gasteiger partial charge in [0.2, 0.25) is 11.7 Å². The molecule has 0 saturated heterocycles. The van der Waals surface area contributed by atoms with Crippen molar-refractivity contribution in [3.05, 3.63) is 95.6 Å². The van der Waals surface area contributed by atoms with Crippen LogP contribution in [0.1, 0.15) is 21.8 Å². The summed E-state index contributed by atoms with van der Waals surface area (Å²) in [6, 6.07) is 20.6. The zero-order valence-electron chi connectivity index (χ0n) is 18.9. The first-order valence-corrected chi connectivity index (χ1v) is 10.7. The van der Waals surface area contributed by atoms with E-state index in [1.165, 1.54) is 18.2 Å². The van der Waals surface area contributed by atoms with Crippen molar-refractivity contribution < 1.29 is 23.2 Å². The molecular weight excluding hydrogens is 437 g/mol. The molecule has 0 aliphatic rings. The number of aromatic nitrogens is 2. The van der Waals surface area contributed by atoms with Gasteiger partial charge >= 0.3 is 0 Å². The Morgan fingerprint density at radius 1 is 0.971 bits per heavy atom. The topological polar surface area (TPSA) is 77.7 Å². The summed E-state index contributed by atoms with van der Waals surface area (Å²) in [7, 11) is 3.13. The van der Waals surface area contributed by atoms with Gasteiger partial charge in [0, 0.05) is 36.7 Å². The first-order valence-electron chi connectivity index (χ1n) is 10.7. The summed E-state index contributed by atoms with van der Waals surface area (Å²) < 4.78 is 29.8.